The molecule has 1 aromatic carbocycles. The van der Waals surface area contributed by atoms with E-state index in [0.29, 0.717) is 0 Å². The van der Waals surface area contributed by atoms with E-state index in [0.717, 1.165) is 29.5 Å². The molecule has 2 heterocycles. The molecule has 0 spiro atoms. The monoisotopic (exact) mass is 302 g/mol. The number of halogens is 1. The second-order valence-corrected chi connectivity index (χ2v) is 5.68. The first-order valence-electron chi connectivity index (χ1n) is 7.01. The van der Waals surface area contributed by atoms with Gasteiger partial charge in [-0.25, -0.2) is 0 Å². The molecule has 110 valence electrons. The van der Waals surface area contributed by atoms with Crippen molar-refractivity contribution in [3.05, 3.63) is 52.4 Å². The minimum atomic E-state index is 0.723. The summed E-state index contributed by atoms with van der Waals surface area (Å²) in [6.45, 7) is 3.51. The van der Waals surface area contributed by atoms with Crippen molar-refractivity contribution < 1.29 is 0 Å². The van der Waals surface area contributed by atoms with Gasteiger partial charge in [0.1, 0.15) is 0 Å². The van der Waals surface area contributed by atoms with Crippen molar-refractivity contribution in [1.82, 2.24) is 19.7 Å². The number of nitrogens with one attached hydrogen (secondary N) is 1. The second-order valence-electron chi connectivity index (χ2n) is 5.30. The van der Waals surface area contributed by atoms with E-state index in [1.165, 1.54) is 16.5 Å². The molecule has 0 saturated heterocycles. The largest absolute Gasteiger partial charge is 0.341 e. The molecule has 0 fully saturated rings. The van der Waals surface area contributed by atoms with Crippen molar-refractivity contribution in [3.63, 3.8) is 0 Å². The molecule has 4 nitrogen and oxygen atoms in total. The maximum Gasteiger partial charge on any atom is 0.0865 e. The van der Waals surface area contributed by atoms with E-state index in [-0.39, 0.29) is 0 Å². The van der Waals surface area contributed by atoms with Gasteiger partial charge in [-0.05, 0) is 25.6 Å². The Bertz CT molecular complexity index is 785. The van der Waals surface area contributed by atoms with Gasteiger partial charge in [0.15, 0.2) is 0 Å². The average Bonchev–Trinajstić information content (AvgIpc) is 2.93. The number of hydrogen-bond acceptors (Lipinski definition) is 2. The molecule has 0 unspecified atom stereocenters. The summed E-state index contributed by atoms with van der Waals surface area (Å²) in [4.78, 5) is 0. The Morgan fingerprint density at radius 2 is 2.05 bits per heavy atom. The van der Waals surface area contributed by atoms with Gasteiger partial charge in [-0.1, -0.05) is 29.8 Å². The third kappa shape index (κ3) is 2.45. The number of rotatable bonds is 4. The quantitative estimate of drug-likeness (QED) is 0.803. The molecule has 0 bridgehead atoms. The maximum atomic E-state index is 6.37. The van der Waals surface area contributed by atoms with Crippen molar-refractivity contribution in [2.24, 2.45) is 7.05 Å². The first-order chi connectivity index (χ1) is 10.1. The van der Waals surface area contributed by atoms with E-state index in [9.17, 15) is 0 Å². The van der Waals surface area contributed by atoms with Gasteiger partial charge in [0.25, 0.3) is 0 Å². The number of para-hydroxylation sites is 1. The van der Waals surface area contributed by atoms with Crippen LogP contribution in [0, 0.1) is 6.92 Å². The molecule has 0 atom stereocenters. The third-order valence-electron chi connectivity index (χ3n) is 3.82. The number of aryl methyl sites for hydroxylation is 2. The molecule has 0 aliphatic heterocycles. The normalized spacial score (nSPS) is 11.4. The Morgan fingerprint density at radius 3 is 2.71 bits per heavy atom. The molecule has 3 aromatic rings. The first kappa shape index (κ1) is 14.2. The standard InChI is InChI=1S/C16H19ClN4/c1-11-16(17)15(20(3)19-11)10-21-9-12(8-18-2)13-6-4-5-7-14(13)21/h4-7,9,18H,8,10H2,1-3H3. The molecule has 21 heavy (non-hydrogen) atoms. The molecule has 0 aliphatic carbocycles. The first-order valence-corrected chi connectivity index (χ1v) is 7.39. The maximum absolute atomic E-state index is 6.37. The predicted molar refractivity (Wildman–Crippen MR) is 86.8 cm³/mol. The van der Waals surface area contributed by atoms with Crippen LogP contribution < -0.4 is 5.32 Å². The highest BCUT2D eigenvalue weighted by atomic mass is 35.5. The van der Waals surface area contributed by atoms with Gasteiger partial charge in [0.05, 0.1) is 23.0 Å². The second kappa shape index (κ2) is 5.54. The van der Waals surface area contributed by atoms with Crippen molar-refractivity contribution in [1.29, 1.82) is 0 Å². The molecule has 0 radical (unpaired) electrons. The summed E-state index contributed by atoms with van der Waals surface area (Å²) in [5.41, 5.74) is 4.42. The summed E-state index contributed by atoms with van der Waals surface area (Å²) < 4.78 is 4.11. The molecule has 0 amide bonds. The zero-order valence-electron chi connectivity index (χ0n) is 12.5. The topological polar surface area (TPSA) is 34.8 Å². The minimum Gasteiger partial charge on any atom is -0.341 e. The summed E-state index contributed by atoms with van der Waals surface area (Å²) in [6.07, 6.45) is 2.19. The van der Waals surface area contributed by atoms with Crippen LogP contribution in [0.5, 0.6) is 0 Å². The van der Waals surface area contributed by atoms with Crippen LogP contribution in [-0.4, -0.2) is 21.4 Å². The van der Waals surface area contributed by atoms with Crippen LogP contribution in [-0.2, 0) is 20.1 Å². The summed E-state index contributed by atoms with van der Waals surface area (Å²) >= 11 is 6.37. The van der Waals surface area contributed by atoms with Gasteiger partial charge in [-0.3, -0.25) is 4.68 Å². The van der Waals surface area contributed by atoms with Crippen LogP contribution in [0.4, 0.5) is 0 Å². The lowest BCUT2D eigenvalue weighted by Gasteiger charge is -2.06. The fraction of sp³-hybridized carbons (Fsp3) is 0.312. The fourth-order valence-electron chi connectivity index (χ4n) is 2.80. The van der Waals surface area contributed by atoms with Crippen LogP contribution in [0.2, 0.25) is 5.02 Å². The lowest BCUT2D eigenvalue weighted by atomic mass is 10.2. The fourth-order valence-corrected chi connectivity index (χ4v) is 3.02. The van der Waals surface area contributed by atoms with Gasteiger partial charge in [-0.15, -0.1) is 0 Å². The van der Waals surface area contributed by atoms with E-state index < -0.39 is 0 Å². The number of nitrogens with zero attached hydrogens (tertiary/aromatic N) is 3. The minimum absolute atomic E-state index is 0.723. The highest BCUT2D eigenvalue weighted by molar-refractivity contribution is 6.31. The highest BCUT2D eigenvalue weighted by Crippen LogP contribution is 2.25. The van der Waals surface area contributed by atoms with Crippen LogP contribution in [0.25, 0.3) is 10.9 Å². The number of aromatic nitrogens is 3. The number of benzene rings is 1. The summed E-state index contributed by atoms with van der Waals surface area (Å²) in [6, 6.07) is 8.45. The van der Waals surface area contributed by atoms with Crippen LogP contribution in [0.15, 0.2) is 30.5 Å². The molecular formula is C16H19ClN4. The molecule has 1 N–H and O–H groups in total. The van der Waals surface area contributed by atoms with Gasteiger partial charge in [-0.2, -0.15) is 5.10 Å². The van der Waals surface area contributed by atoms with Crippen molar-refractivity contribution in [2.45, 2.75) is 20.0 Å². The summed E-state index contributed by atoms with van der Waals surface area (Å²) in [5.74, 6) is 0. The molecular weight excluding hydrogens is 284 g/mol. The van der Waals surface area contributed by atoms with Gasteiger partial charge < -0.3 is 9.88 Å². The van der Waals surface area contributed by atoms with E-state index in [2.05, 4.69) is 45.4 Å². The molecule has 2 aromatic heterocycles. The Labute approximate surface area is 129 Å². The van der Waals surface area contributed by atoms with Crippen LogP contribution in [0.3, 0.4) is 0 Å². The number of hydrogen-bond donors (Lipinski definition) is 1. The van der Waals surface area contributed by atoms with E-state index >= 15 is 0 Å². The predicted octanol–water partition coefficient (Wildman–Crippen LogP) is 3.10. The zero-order valence-corrected chi connectivity index (χ0v) is 13.3. The lowest BCUT2D eigenvalue weighted by molar-refractivity contribution is 0.671. The van der Waals surface area contributed by atoms with E-state index in [4.69, 9.17) is 11.6 Å². The lowest BCUT2D eigenvalue weighted by Crippen LogP contribution is -2.06. The van der Waals surface area contributed by atoms with Crippen LogP contribution >= 0.6 is 11.6 Å². The van der Waals surface area contributed by atoms with Crippen molar-refractivity contribution in [2.75, 3.05) is 7.05 Å². The van der Waals surface area contributed by atoms with Crippen molar-refractivity contribution >= 4 is 22.5 Å². The van der Waals surface area contributed by atoms with E-state index in [1.807, 2.05) is 25.7 Å². The zero-order chi connectivity index (χ0) is 15.0. The Hall–Kier alpha value is -1.78. The number of fused-ring (bicyclic) bond motifs is 1. The van der Waals surface area contributed by atoms with Gasteiger partial charge in [0.2, 0.25) is 0 Å². The van der Waals surface area contributed by atoms with Gasteiger partial charge in [0, 0.05) is 30.7 Å². The third-order valence-corrected chi connectivity index (χ3v) is 4.31. The van der Waals surface area contributed by atoms with Crippen molar-refractivity contribution in [3.8, 4) is 0 Å². The molecule has 3 rings (SSSR count). The van der Waals surface area contributed by atoms with Gasteiger partial charge >= 0.3 is 0 Å². The SMILES string of the molecule is CNCc1cn(Cc2c(Cl)c(C)nn2C)c2ccccc12. The Balaban J connectivity index is 2.08. The Morgan fingerprint density at radius 1 is 1.29 bits per heavy atom. The summed E-state index contributed by atoms with van der Waals surface area (Å²) in [5, 5.41) is 9.65. The summed E-state index contributed by atoms with van der Waals surface area (Å²) in [7, 11) is 3.90. The molecule has 0 aliphatic rings. The Kier molecular flexibility index (Phi) is 3.74. The molecule has 0 saturated carbocycles. The smallest absolute Gasteiger partial charge is 0.0865 e. The van der Waals surface area contributed by atoms with Crippen LogP contribution in [0.1, 0.15) is 17.0 Å². The highest BCUT2D eigenvalue weighted by Gasteiger charge is 2.14. The molecule has 5 heteroatoms. The average molecular weight is 303 g/mol. The van der Waals surface area contributed by atoms with E-state index in [1.54, 1.807) is 0 Å².